The van der Waals surface area contributed by atoms with Gasteiger partial charge in [0.05, 0.1) is 0 Å². The Morgan fingerprint density at radius 2 is 2.05 bits per heavy atom. The number of hydrogen-bond acceptors (Lipinski definition) is 2. The zero-order chi connectivity index (χ0) is 15.8. The van der Waals surface area contributed by atoms with Crippen molar-refractivity contribution in [1.82, 2.24) is 5.32 Å². The normalized spacial score (nSPS) is 19.0. The summed E-state index contributed by atoms with van der Waals surface area (Å²) in [6.45, 7) is 7.78. The lowest BCUT2D eigenvalue weighted by atomic mass is 10.0. The minimum atomic E-state index is -0.658. The zero-order valence-corrected chi connectivity index (χ0v) is 12.9. The molecule has 4 nitrogen and oxygen atoms in total. The van der Waals surface area contributed by atoms with Crippen LogP contribution in [-0.4, -0.2) is 23.9 Å². The number of nitrogens with zero attached hydrogens (tertiary/aromatic N) is 1. The maximum absolute atomic E-state index is 13.3. The van der Waals surface area contributed by atoms with E-state index in [2.05, 4.69) is 5.32 Å². The molecule has 0 aromatic heterocycles. The maximum Gasteiger partial charge on any atom is 0.239 e. The third kappa shape index (κ3) is 3.40. The first kappa shape index (κ1) is 15.5. The third-order valence-corrected chi connectivity index (χ3v) is 3.47. The maximum atomic E-state index is 13.3. The number of amides is 2. The fourth-order valence-electron chi connectivity index (χ4n) is 2.43. The van der Waals surface area contributed by atoms with Gasteiger partial charge in [-0.2, -0.15) is 0 Å². The van der Waals surface area contributed by atoms with Gasteiger partial charge >= 0.3 is 0 Å². The van der Waals surface area contributed by atoms with Crippen molar-refractivity contribution in [2.45, 2.75) is 39.7 Å². The molecule has 0 radical (unpaired) electrons. The first-order valence-electron chi connectivity index (χ1n) is 7.08. The van der Waals surface area contributed by atoms with Gasteiger partial charge in [-0.3, -0.25) is 9.59 Å². The molecule has 2 rings (SSSR count). The highest BCUT2D eigenvalue weighted by molar-refractivity contribution is 6.09. The average Bonchev–Trinajstić information content (AvgIpc) is 2.73. The van der Waals surface area contributed by atoms with E-state index in [-0.39, 0.29) is 23.2 Å². The predicted molar refractivity (Wildman–Crippen MR) is 79.5 cm³/mol. The van der Waals surface area contributed by atoms with Crippen molar-refractivity contribution in [3.8, 4) is 0 Å². The van der Waals surface area contributed by atoms with E-state index in [1.165, 1.54) is 6.07 Å². The Morgan fingerprint density at radius 1 is 1.38 bits per heavy atom. The minimum absolute atomic E-state index is 0.220. The first-order chi connectivity index (χ1) is 9.69. The van der Waals surface area contributed by atoms with Crippen LogP contribution in [0.4, 0.5) is 10.1 Å². The summed E-state index contributed by atoms with van der Waals surface area (Å²) in [7, 11) is 0. The summed E-state index contributed by atoms with van der Waals surface area (Å²) in [6, 6.07) is 4.56. The van der Waals surface area contributed by atoms with E-state index in [4.69, 9.17) is 0 Å². The Bertz CT molecular complexity index is 578. The average molecular weight is 292 g/mol. The van der Waals surface area contributed by atoms with Gasteiger partial charge < -0.3 is 10.2 Å². The highest BCUT2D eigenvalue weighted by Gasteiger charge is 2.38. The number of carbonyl (C=O) groups is 2. The molecule has 5 heteroatoms. The lowest BCUT2D eigenvalue weighted by Crippen LogP contribution is -2.45. The molecule has 0 spiro atoms. The highest BCUT2D eigenvalue weighted by atomic mass is 19.1. The van der Waals surface area contributed by atoms with E-state index in [1.807, 2.05) is 20.8 Å². The highest BCUT2D eigenvalue weighted by Crippen LogP contribution is 2.27. The molecule has 1 unspecified atom stereocenters. The van der Waals surface area contributed by atoms with Crippen LogP contribution in [0.5, 0.6) is 0 Å². The van der Waals surface area contributed by atoms with Gasteiger partial charge in [-0.05, 0) is 57.9 Å². The van der Waals surface area contributed by atoms with Crippen LogP contribution in [0.1, 0.15) is 32.8 Å². The van der Waals surface area contributed by atoms with Crippen LogP contribution in [0.15, 0.2) is 18.2 Å². The molecule has 0 bridgehead atoms. The Balaban J connectivity index is 2.14. The van der Waals surface area contributed by atoms with Crippen molar-refractivity contribution < 1.29 is 14.0 Å². The van der Waals surface area contributed by atoms with Gasteiger partial charge in [0.25, 0.3) is 0 Å². The number of hydrogen-bond donors (Lipinski definition) is 1. The SMILES string of the molecule is Cc1cc(N2CCC(C(=O)NC(C)(C)C)C2=O)ccc1F. The van der Waals surface area contributed by atoms with Gasteiger partial charge in [-0.15, -0.1) is 0 Å². The molecular weight excluding hydrogens is 271 g/mol. The number of benzene rings is 1. The Morgan fingerprint density at radius 3 is 2.62 bits per heavy atom. The fraction of sp³-hybridized carbons (Fsp3) is 0.500. The van der Waals surface area contributed by atoms with Crippen molar-refractivity contribution in [3.05, 3.63) is 29.6 Å². The van der Waals surface area contributed by atoms with E-state index < -0.39 is 5.92 Å². The number of aryl methyl sites for hydroxylation is 1. The van der Waals surface area contributed by atoms with Crippen molar-refractivity contribution in [2.24, 2.45) is 5.92 Å². The number of rotatable bonds is 2. The van der Waals surface area contributed by atoms with Crippen molar-refractivity contribution in [2.75, 3.05) is 11.4 Å². The number of anilines is 1. The second kappa shape index (κ2) is 5.47. The Labute approximate surface area is 124 Å². The van der Waals surface area contributed by atoms with Crippen LogP contribution < -0.4 is 10.2 Å². The molecule has 1 heterocycles. The molecule has 1 aliphatic heterocycles. The molecule has 1 N–H and O–H groups in total. The third-order valence-electron chi connectivity index (χ3n) is 3.47. The van der Waals surface area contributed by atoms with Crippen LogP contribution in [0, 0.1) is 18.7 Å². The predicted octanol–water partition coefficient (Wildman–Crippen LogP) is 2.40. The summed E-state index contributed by atoms with van der Waals surface area (Å²) in [5.41, 5.74) is 0.768. The first-order valence-corrected chi connectivity index (χ1v) is 7.08. The fourth-order valence-corrected chi connectivity index (χ4v) is 2.43. The Hall–Kier alpha value is -1.91. The summed E-state index contributed by atoms with van der Waals surface area (Å²) >= 11 is 0. The molecule has 1 aromatic carbocycles. The molecule has 0 saturated carbocycles. The number of nitrogens with one attached hydrogen (secondary N) is 1. The molecule has 114 valence electrons. The van der Waals surface area contributed by atoms with E-state index >= 15 is 0 Å². The van der Waals surface area contributed by atoms with Gasteiger partial charge in [0.1, 0.15) is 11.7 Å². The molecule has 1 aliphatic rings. The van der Waals surface area contributed by atoms with Crippen LogP contribution in [0.25, 0.3) is 0 Å². The molecule has 1 fully saturated rings. The van der Waals surface area contributed by atoms with E-state index in [9.17, 15) is 14.0 Å². The molecule has 1 aromatic rings. The molecule has 1 saturated heterocycles. The van der Waals surface area contributed by atoms with Gasteiger partial charge in [0.2, 0.25) is 11.8 Å². The van der Waals surface area contributed by atoms with Crippen molar-refractivity contribution in [3.63, 3.8) is 0 Å². The summed E-state index contributed by atoms with van der Waals surface area (Å²) < 4.78 is 13.3. The second-order valence-electron chi connectivity index (χ2n) is 6.50. The van der Waals surface area contributed by atoms with Gasteiger partial charge in [-0.25, -0.2) is 4.39 Å². The number of halogens is 1. The van der Waals surface area contributed by atoms with E-state index in [0.29, 0.717) is 24.2 Å². The van der Waals surface area contributed by atoms with Crippen LogP contribution in [-0.2, 0) is 9.59 Å². The summed E-state index contributed by atoms with van der Waals surface area (Å²) in [4.78, 5) is 26.1. The standard InChI is InChI=1S/C16H21FN2O2/c1-10-9-11(5-6-13(10)17)19-8-7-12(15(19)21)14(20)18-16(2,3)4/h5-6,9,12H,7-8H2,1-4H3,(H,18,20). The van der Waals surface area contributed by atoms with Gasteiger partial charge in [-0.1, -0.05) is 0 Å². The lowest BCUT2D eigenvalue weighted by molar-refractivity contribution is -0.133. The van der Waals surface area contributed by atoms with E-state index in [0.717, 1.165) is 0 Å². The minimum Gasteiger partial charge on any atom is -0.351 e. The van der Waals surface area contributed by atoms with Crippen molar-refractivity contribution >= 4 is 17.5 Å². The van der Waals surface area contributed by atoms with Crippen LogP contribution in [0.3, 0.4) is 0 Å². The molecule has 21 heavy (non-hydrogen) atoms. The number of carbonyl (C=O) groups excluding carboxylic acids is 2. The Kier molecular flexibility index (Phi) is 4.03. The lowest BCUT2D eigenvalue weighted by Gasteiger charge is -2.23. The largest absolute Gasteiger partial charge is 0.351 e. The molecular formula is C16H21FN2O2. The summed E-state index contributed by atoms with van der Waals surface area (Å²) in [5, 5.41) is 2.84. The topological polar surface area (TPSA) is 49.4 Å². The molecule has 2 amide bonds. The monoisotopic (exact) mass is 292 g/mol. The summed E-state index contributed by atoms with van der Waals surface area (Å²) in [5.74, 6) is -1.42. The molecule has 1 atom stereocenters. The van der Waals surface area contributed by atoms with Gasteiger partial charge in [0, 0.05) is 17.8 Å². The zero-order valence-electron chi connectivity index (χ0n) is 12.9. The van der Waals surface area contributed by atoms with Crippen molar-refractivity contribution in [1.29, 1.82) is 0 Å². The summed E-state index contributed by atoms with van der Waals surface area (Å²) in [6.07, 6.45) is 0.483. The molecule has 0 aliphatic carbocycles. The smallest absolute Gasteiger partial charge is 0.239 e. The van der Waals surface area contributed by atoms with Gasteiger partial charge in [0.15, 0.2) is 0 Å². The second-order valence-corrected chi connectivity index (χ2v) is 6.50. The van der Waals surface area contributed by atoms with E-state index in [1.54, 1.807) is 24.0 Å². The van der Waals surface area contributed by atoms with Crippen LogP contribution in [0.2, 0.25) is 0 Å². The quantitative estimate of drug-likeness (QED) is 0.851. The van der Waals surface area contributed by atoms with Crippen LogP contribution >= 0.6 is 0 Å².